The van der Waals surface area contributed by atoms with Gasteiger partial charge in [0, 0.05) is 65.2 Å². The number of H-pyrrole nitrogens is 4. The van der Waals surface area contributed by atoms with Gasteiger partial charge in [-0.15, -0.1) is 0 Å². The molecule has 12 rings (SSSR count). The van der Waals surface area contributed by atoms with Crippen LogP contribution in [0.15, 0.2) is 149 Å². The molecule has 23 nitrogen and oxygen atoms in total. The topological polar surface area (TPSA) is 299 Å². The van der Waals surface area contributed by atoms with Crippen LogP contribution >= 0.6 is 0 Å². The molecule has 12 aromatic rings. The van der Waals surface area contributed by atoms with Gasteiger partial charge in [0.05, 0.1) is 168 Å². The number of alkyl halides is 5. The Morgan fingerprint density at radius 1 is 0.465 bits per heavy atom. The van der Waals surface area contributed by atoms with Crippen molar-refractivity contribution in [1.29, 1.82) is 0 Å². The molecular weight excluding hydrogens is 1370 g/mol. The van der Waals surface area contributed by atoms with Crippen molar-refractivity contribution in [3.05, 3.63) is 173 Å². The van der Waals surface area contributed by atoms with Crippen LogP contribution in [-0.2, 0) is 66.2 Å². The third-order valence-electron chi connectivity index (χ3n) is 14.8. The summed E-state index contributed by atoms with van der Waals surface area (Å²) in [6, 6.07) is 29.5. The number of para-hydroxylation sites is 4. The number of ether oxygens (including phenoxy) is 7. The number of unbranched alkanes of at least 4 members (excludes halogenated alkanes) is 1. The minimum Gasteiger partial charge on any atom is -0.497 e. The number of imidazole rings is 4. The van der Waals surface area contributed by atoms with E-state index >= 15 is 0 Å². The Morgan fingerprint density at radius 2 is 0.889 bits per heavy atom. The molecule has 4 aromatic carbocycles. The predicted octanol–water partition coefficient (Wildman–Crippen LogP) is 13.1. The normalized spacial score (nSPS) is 12.6. The molecule has 0 saturated heterocycles. The van der Waals surface area contributed by atoms with Gasteiger partial charge in [0.1, 0.15) is 28.7 Å². The van der Waals surface area contributed by atoms with Crippen molar-refractivity contribution in [1.82, 2.24) is 59.8 Å². The molecular formula is C67H69F5N12O11S4. The number of nitrogens with zero attached hydrogens (tertiary/aromatic N) is 8. The maximum Gasteiger partial charge on any atom is 0.422 e. The second-order valence-corrected chi connectivity index (χ2v) is 27.0. The summed E-state index contributed by atoms with van der Waals surface area (Å²) in [5.41, 5.74) is 11.3. The molecule has 0 saturated carbocycles. The standard InChI is InChI=1S/C18H21N3O2S.C17H19N3O3S.C16H14F3N3O2S.C16H15F2N3O4S/c1-3-4-11-23-17-9-10-19-16(13(17)2)12-24(22)18-20-14-7-5-6-8-15(14)21-18;1-10-8-18-15(11(2)16(10)23-4)9-24(21)17-19-13-6-5-12(22-3)7-14(13)20-17;1-10-13(20-7-6-14(10)24-9-16(17,18)19)8-25(23)15-21-11-4-2-3-5-12(11)22-15;1-23-13-5-6-19-12(14(13)24-2)8-26(22)16-20-10-4-3-9(25-15(17)18)7-11(10)21-16/h5-10H,3-4,11-12H2,1-2H3,(H,20,21);5-8H,9H2,1-4H3,(H,19,20);2-7H,8-9H2,1H3,(H,21,22);3-7,15H,8H2,1-2H3,(H,20,21). The van der Waals surface area contributed by atoms with Crippen LogP contribution in [0.25, 0.3) is 44.1 Å². The predicted molar refractivity (Wildman–Crippen MR) is 366 cm³/mol. The lowest BCUT2D eigenvalue weighted by Crippen LogP contribution is -2.19. The number of benzene rings is 4. The number of nitrogens with one attached hydrogen (secondary N) is 4. The smallest absolute Gasteiger partial charge is 0.422 e. The molecule has 0 bridgehead atoms. The summed E-state index contributed by atoms with van der Waals surface area (Å²) < 4.78 is 148. The van der Waals surface area contributed by atoms with Gasteiger partial charge in [-0.3, -0.25) is 36.8 Å². The zero-order valence-electron chi connectivity index (χ0n) is 54.9. The maximum atomic E-state index is 12.7. The highest BCUT2D eigenvalue weighted by Crippen LogP contribution is 2.33. The van der Waals surface area contributed by atoms with Crippen LogP contribution in [0.5, 0.6) is 40.2 Å². The van der Waals surface area contributed by atoms with Gasteiger partial charge in [-0.1, -0.05) is 37.6 Å². The Labute approximate surface area is 574 Å². The largest absolute Gasteiger partial charge is 0.497 e. The lowest BCUT2D eigenvalue weighted by molar-refractivity contribution is -0.153. The van der Waals surface area contributed by atoms with Crippen LogP contribution in [0.2, 0.25) is 0 Å². The van der Waals surface area contributed by atoms with E-state index in [-0.39, 0.29) is 33.9 Å². The van der Waals surface area contributed by atoms with Crippen molar-refractivity contribution in [3.8, 4) is 40.2 Å². The molecule has 4 N–H and O–H groups in total. The van der Waals surface area contributed by atoms with E-state index in [1.807, 2.05) is 87.5 Å². The van der Waals surface area contributed by atoms with Gasteiger partial charge < -0.3 is 53.1 Å². The number of rotatable bonds is 24. The van der Waals surface area contributed by atoms with Crippen molar-refractivity contribution in [2.45, 2.75) is 104 Å². The van der Waals surface area contributed by atoms with Gasteiger partial charge in [0.15, 0.2) is 38.7 Å². The lowest BCUT2D eigenvalue weighted by atomic mass is 10.1. The van der Waals surface area contributed by atoms with Crippen LogP contribution in [0.1, 0.15) is 64.8 Å². The fourth-order valence-corrected chi connectivity index (χ4v) is 14.0. The fourth-order valence-electron chi connectivity index (χ4n) is 9.67. The molecule has 0 amide bonds. The molecule has 0 aliphatic carbocycles. The Hall–Kier alpha value is -9.79. The number of aryl methyl sites for hydroxylation is 1. The zero-order chi connectivity index (χ0) is 70.9. The molecule has 0 aliphatic rings. The molecule has 0 radical (unpaired) electrons. The first-order valence-electron chi connectivity index (χ1n) is 30.2. The number of halogens is 5. The Bertz CT molecular complexity index is 4790. The van der Waals surface area contributed by atoms with Gasteiger partial charge in [0.2, 0.25) is 0 Å². The molecule has 4 unspecified atom stereocenters. The Morgan fingerprint density at radius 3 is 1.34 bits per heavy atom. The summed E-state index contributed by atoms with van der Waals surface area (Å²) in [5, 5.41) is 1.40. The molecule has 8 aromatic heterocycles. The monoisotopic (exact) mass is 1440 g/mol. The van der Waals surface area contributed by atoms with E-state index in [4.69, 9.17) is 28.4 Å². The summed E-state index contributed by atoms with van der Waals surface area (Å²) in [4.78, 5) is 46.4. The zero-order valence-corrected chi connectivity index (χ0v) is 58.2. The van der Waals surface area contributed by atoms with Gasteiger partial charge in [0.25, 0.3) is 0 Å². The first-order valence-corrected chi connectivity index (χ1v) is 35.5. The second-order valence-electron chi connectivity index (χ2n) is 21.5. The lowest BCUT2D eigenvalue weighted by Gasteiger charge is -2.13. The van der Waals surface area contributed by atoms with E-state index in [2.05, 4.69) is 71.5 Å². The third kappa shape index (κ3) is 19.3. The van der Waals surface area contributed by atoms with Crippen LogP contribution in [-0.4, -0.2) is 131 Å². The third-order valence-corrected chi connectivity index (χ3v) is 19.4. The van der Waals surface area contributed by atoms with Crippen molar-refractivity contribution >= 4 is 87.3 Å². The Kier molecular flexibility index (Phi) is 25.3. The van der Waals surface area contributed by atoms with Crippen molar-refractivity contribution in [2.24, 2.45) is 0 Å². The average molecular weight is 1440 g/mol. The van der Waals surface area contributed by atoms with Crippen LogP contribution in [0.3, 0.4) is 0 Å². The first kappa shape index (κ1) is 73.5. The molecule has 0 fully saturated rings. The Balaban J connectivity index is 0.000000154. The van der Waals surface area contributed by atoms with E-state index in [9.17, 15) is 38.8 Å². The van der Waals surface area contributed by atoms with E-state index in [0.717, 1.165) is 85.8 Å². The highest BCUT2D eigenvalue weighted by atomic mass is 32.2. The van der Waals surface area contributed by atoms with E-state index in [0.29, 0.717) is 72.8 Å². The summed E-state index contributed by atoms with van der Waals surface area (Å²) in [5.74, 6) is 3.92. The second kappa shape index (κ2) is 34.1. The number of hydrogen-bond acceptors (Lipinski definition) is 19. The fraction of sp³-hybridized carbons (Fsp3) is 0.284. The average Bonchev–Trinajstić information content (AvgIpc) is 1.68. The summed E-state index contributed by atoms with van der Waals surface area (Å²) in [6.07, 6.45) is 3.99. The summed E-state index contributed by atoms with van der Waals surface area (Å²) in [7, 11) is 0.522. The SMILES string of the molecule is CCCCOc1ccnc(CS(=O)c2nc3ccccc3[nH]2)c1C.COc1ccc2nc(S(=O)Cc3ncc(C)c(OC)c3C)[nH]c2c1.COc1ccnc(CS(=O)c2nc3ccc(OC(F)F)cc3[nH]2)c1OC.Cc1c(OCC(F)(F)F)ccnc1CS(=O)c1nc2ccccc2[nH]1. The van der Waals surface area contributed by atoms with Crippen LogP contribution in [0.4, 0.5) is 22.0 Å². The highest BCUT2D eigenvalue weighted by Gasteiger charge is 2.29. The molecule has 4 atom stereocenters. The number of fused-ring (bicyclic) bond motifs is 4. The summed E-state index contributed by atoms with van der Waals surface area (Å²) >= 11 is 0. The number of aromatic amines is 4. The van der Waals surface area contributed by atoms with Gasteiger partial charge in [-0.05, 0) is 94.8 Å². The van der Waals surface area contributed by atoms with Gasteiger partial charge in [-0.2, -0.15) is 22.0 Å². The van der Waals surface area contributed by atoms with E-state index in [1.54, 1.807) is 45.7 Å². The van der Waals surface area contributed by atoms with E-state index < -0.39 is 62.6 Å². The van der Waals surface area contributed by atoms with Gasteiger partial charge in [-0.25, -0.2) is 19.9 Å². The van der Waals surface area contributed by atoms with Crippen molar-refractivity contribution in [2.75, 3.05) is 41.7 Å². The number of pyridine rings is 4. The maximum absolute atomic E-state index is 12.7. The molecule has 8 heterocycles. The number of aromatic nitrogens is 12. The summed E-state index contributed by atoms with van der Waals surface area (Å²) in [6.45, 7) is 5.92. The van der Waals surface area contributed by atoms with Crippen molar-refractivity contribution in [3.63, 3.8) is 0 Å². The van der Waals surface area contributed by atoms with Gasteiger partial charge >= 0.3 is 12.8 Å². The number of methoxy groups -OCH3 is 4. The van der Waals surface area contributed by atoms with Crippen LogP contribution < -0.4 is 33.2 Å². The molecule has 99 heavy (non-hydrogen) atoms. The molecule has 0 spiro atoms. The minimum atomic E-state index is -4.42. The first-order chi connectivity index (χ1) is 47.6. The quantitative estimate of drug-likeness (QED) is 0.0323. The number of hydrogen-bond donors (Lipinski definition) is 4. The molecule has 522 valence electrons. The minimum absolute atomic E-state index is 0.00962. The highest BCUT2D eigenvalue weighted by molar-refractivity contribution is 7.84. The molecule has 0 aliphatic heterocycles. The van der Waals surface area contributed by atoms with Crippen molar-refractivity contribution < 1.29 is 71.9 Å². The van der Waals surface area contributed by atoms with Crippen LogP contribution in [0, 0.1) is 27.7 Å². The van der Waals surface area contributed by atoms with E-state index in [1.165, 1.54) is 50.9 Å². The molecule has 32 heteroatoms.